The molecule has 166 valence electrons. The fraction of sp³-hybridized carbons (Fsp3) is 0.192. The van der Waals surface area contributed by atoms with Gasteiger partial charge in [-0.15, -0.1) is 0 Å². The normalized spacial score (nSPS) is 19.0. The average Bonchev–Trinajstić information content (AvgIpc) is 3.12. The van der Waals surface area contributed by atoms with Gasteiger partial charge in [-0.05, 0) is 47.9 Å². The number of hydrogen-bond acceptors (Lipinski definition) is 6. The van der Waals surface area contributed by atoms with Crippen LogP contribution >= 0.6 is 0 Å². The molecule has 33 heavy (non-hydrogen) atoms. The Kier molecular flexibility index (Phi) is 5.52. The van der Waals surface area contributed by atoms with E-state index < -0.39 is 17.7 Å². The molecule has 1 fully saturated rings. The first kappa shape index (κ1) is 20.8. The van der Waals surface area contributed by atoms with E-state index in [4.69, 9.17) is 9.47 Å². The van der Waals surface area contributed by atoms with E-state index in [1.54, 1.807) is 42.7 Å². The Hall–Kier alpha value is -4.13. The molecule has 1 N–H and O–H groups in total. The SMILES string of the molecule is O=C1C(=O)N(CCc2ccccc2)C(c2ccncc2)/C1=C(\O)c1ccc2c(c1)OCCO2. The Morgan fingerprint density at radius 1 is 0.970 bits per heavy atom. The summed E-state index contributed by atoms with van der Waals surface area (Å²) >= 11 is 0. The van der Waals surface area contributed by atoms with Gasteiger partial charge in [0.1, 0.15) is 19.0 Å². The van der Waals surface area contributed by atoms with E-state index in [1.807, 2.05) is 30.3 Å². The van der Waals surface area contributed by atoms with Crippen LogP contribution in [-0.4, -0.2) is 46.4 Å². The van der Waals surface area contributed by atoms with E-state index >= 15 is 0 Å². The Bertz CT molecular complexity index is 1220. The molecule has 2 aliphatic heterocycles. The molecule has 5 rings (SSSR count). The topological polar surface area (TPSA) is 89.0 Å². The summed E-state index contributed by atoms with van der Waals surface area (Å²) in [6.07, 6.45) is 3.80. The number of ether oxygens (including phenoxy) is 2. The van der Waals surface area contributed by atoms with Crippen molar-refractivity contribution in [3.63, 3.8) is 0 Å². The van der Waals surface area contributed by atoms with E-state index in [0.29, 0.717) is 48.8 Å². The number of fused-ring (bicyclic) bond motifs is 1. The summed E-state index contributed by atoms with van der Waals surface area (Å²) in [5, 5.41) is 11.2. The summed E-state index contributed by atoms with van der Waals surface area (Å²) in [4.78, 5) is 31.8. The van der Waals surface area contributed by atoms with Crippen molar-refractivity contribution in [3.8, 4) is 11.5 Å². The molecule has 1 amide bonds. The Labute approximate surface area is 190 Å². The third-order valence-electron chi connectivity index (χ3n) is 5.86. The number of amides is 1. The van der Waals surface area contributed by atoms with Crippen LogP contribution in [0.25, 0.3) is 5.76 Å². The van der Waals surface area contributed by atoms with Crippen molar-refractivity contribution >= 4 is 17.4 Å². The van der Waals surface area contributed by atoms with Gasteiger partial charge in [-0.3, -0.25) is 14.6 Å². The molecule has 2 aromatic carbocycles. The second kappa shape index (κ2) is 8.78. The number of carbonyl (C=O) groups excluding carboxylic acids is 2. The van der Waals surface area contributed by atoms with Crippen LogP contribution in [0.4, 0.5) is 0 Å². The fourth-order valence-electron chi connectivity index (χ4n) is 4.24. The molecule has 1 aromatic heterocycles. The predicted molar refractivity (Wildman–Crippen MR) is 121 cm³/mol. The number of carbonyl (C=O) groups is 2. The lowest BCUT2D eigenvalue weighted by atomic mass is 9.95. The van der Waals surface area contributed by atoms with Crippen molar-refractivity contribution in [2.45, 2.75) is 12.5 Å². The van der Waals surface area contributed by atoms with Crippen LogP contribution in [0, 0.1) is 0 Å². The van der Waals surface area contributed by atoms with Gasteiger partial charge in [0.2, 0.25) is 0 Å². The number of Topliss-reactive ketones (excluding diaryl/α,β-unsaturated/α-hetero) is 1. The van der Waals surface area contributed by atoms with Crippen LogP contribution in [0.3, 0.4) is 0 Å². The maximum atomic E-state index is 13.1. The first-order valence-corrected chi connectivity index (χ1v) is 10.8. The number of aliphatic hydroxyl groups is 1. The van der Waals surface area contributed by atoms with Crippen molar-refractivity contribution in [1.82, 2.24) is 9.88 Å². The van der Waals surface area contributed by atoms with Gasteiger partial charge in [0, 0.05) is 24.5 Å². The molecule has 3 heterocycles. The van der Waals surface area contributed by atoms with E-state index in [-0.39, 0.29) is 11.3 Å². The molecule has 7 heteroatoms. The summed E-state index contributed by atoms with van der Waals surface area (Å²) in [7, 11) is 0. The standard InChI is InChI=1S/C26H22N2O5/c29-24(19-6-7-20-21(16-19)33-15-14-32-20)22-23(18-8-11-27-12-9-18)28(26(31)25(22)30)13-10-17-4-2-1-3-5-17/h1-9,11-12,16,23,29H,10,13-15H2/b24-22+. The van der Waals surface area contributed by atoms with Gasteiger partial charge in [-0.25, -0.2) is 0 Å². The molecule has 0 bridgehead atoms. The summed E-state index contributed by atoms with van der Waals surface area (Å²) in [6.45, 7) is 1.19. The highest BCUT2D eigenvalue weighted by Crippen LogP contribution is 2.41. The van der Waals surface area contributed by atoms with Gasteiger partial charge in [0.15, 0.2) is 11.5 Å². The first-order valence-electron chi connectivity index (χ1n) is 10.8. The van der Waals surface area contributed by atoms with E-state index in [2.05, 4.69) is 4.98 Å². The third-order valence-corrected chi connectivity index (χ3v) is 5.86. The van der Waals surface area contributed by atoms with Crippen LogP contribution in [0.15, 0.2) is 78.6 Å². The quantitative estimate of drug-likeness (QED) is 0.370. The minimum Gasteiger partial charge on any atom is -0.507 e. The number of aromatic nitrogens is 1. The lowest BCUT2D eigenvalue weighted by Crippen LogP contribution is -2.31. The lowest BCUT2D eigenvalue weighted by molar-refractivity contribution is -0.139. The van der Waals surface area contributed by atoms with E-state index in [0.717, 1.165) is 5.56 Å². The van der Waals surface area contributed by atoms with Crippen LogP contribution < -0.4 is 9.47 Å². The van der Waals surface area contributed by atoms with E-state index in [1.165, 1.54) is 4.90 Å². The lowest BCUT2D eigenvalue weighted by Gasteiger charge is -2.25. The summed E-state index contributed by atoms with van der Waals surface area (Å²) in [5.41, 5.74) is 2.20. The molecule has 2 aliphatic rings. The second-order valence-corrected chi connectivity index (χ2v) is 7.87. The van der Waals surface area contributed by atoms with Gasteiger partial charge < -0.3 is 19.5 Å². The summed E-state index contributed by atoms with van der Waals surface area (Å²) in [5.74, 6) is -0.519. The zero-order valence-electron chi connectivity index (χ0n) is 17.8. The maximum absolute atomic E-state index is 13.1. The number of pyridine rings is 1. The zero-order valence-corrected chi connectivity index (χ0v) is 17.8. The van der Waals surface area contributed by atoms with Gasteiger partial charge in [-0.1, -0.05) is 30.3 Å². The highest BCUT2D eigenvalue weighted by atomic mass is 16.6. The highest BCUT2D eigenvalue weighted by Gasteiger charge is 2.45. The van der Waals surface area contributed by atoms with Gasteiger partial charge in [0.25, 0.3) is 11.7 Å². The second-order valence-electron chi connectivity index (χ2n) is 7.87. The van der Waals surface area contributed by atoms with Gasteiger partial charge in [0.05, 0.1) is 11.6 Å². The number of rotatable bonds is 5. The third kappa shape index (κ3) is 3.93. The van der Waals surface area contributed by atoms with Crippen molar-refractivity contribution < 1.29 is 24.2 Å². The van der Waals surface area contributed by atoms with Crippen molar-refractivity contribution in [1.29, 1.82) is 0 Å². The highest BCUT2D eigenvalue weighted by molar-refractivity contribution is 6.46. The molecule has 1 unspecified atom stereocenters. The smallest absolute Gasteiger partial charge is 0.295 e. The van der Waals surface area contributed by atoms with Crippen LogP contribution in [-0.2, 0) is 16.0 Å². The molecule has 1 atom stereocenters. The minimum atomic E-state index is -0.718. The van der Waals surface area contributed by atoms with Gasteiger partial charge >= 0.3 is 0 Å². The first-order chi connectivity index (χ1) is 16.1. The molecule has 0 spiro atoms. The van der Waals surface area contributed by atoms with Crippen molar-refractivity contribution in [3.05, 3.63) is 95.3 Å². The molecular formula is C26H22N2O5. The van der Waals surface area contributed by atoms with Gasteiger partial charge in [-0.2, -0.15) is 0 Å². The number of hydrogen-bond donors (Lipinski definition) is 1. The van der Waals surface area contributed by atoms with Crippen LogP contribution in [0.5, 0.6) is 11.5 Å². The molecule has 0 saturated carbocycles. The number of nitrogens with zero attached hydrogens (tertiary/aromatic N) is 2. The predicted octanol–water partition coefficient (Wildman–Crippen LogP) is 3.52. The largest absolute Gasteiger partial charge is 0.507 e. The summed E-state index contributed by atoms with van der Waals surface area (Å²) in [6, 6.07) is 17.5. The monoisotopic (exact) mass is 442 g/mol. The maximum Gasteiger partial charge on any atom is 0.295 e. The fourth-order valence-corrected chi connectivity index (χ4v) is 4.24. The number of ketones is 1. The number of benzene rings is 2. The number of likely N-dealkylation sites (tertiary alicyclic amines) is 1. The molecule has 0 aliphatic carbocycles. The average molecular weight is 442 g/mol. The molecule has 0 radical (unpaired) electrons. The Balaban J connectivity index is 1.56. The molecular weight excluding hydrogens is 420 g/mol. The minimum absolute atomic E-state index is 0.0518. The summed E-state index contributed by atoms with van der Waals surface area (Å²) < 4.78 is 11.2. The molecule has 7 nitrogen and oxygen atoms in total. The van der Waals surface area contributed by atoms with Crippen molar-refractivity contribution in [2.75, 3.05) is 19.8 Å². The zero-order chi connectivity index (χ0) is 22.8. The molecule has 1 saturated heterocycles. The van der Waals surface area contributed by atoms with E-state index in [9.17, 15) is 14.7 Å². The number of aliphatic hydroxyl groups excluding tert-OH is 1. The van der Waals surface area contributed by atoms with Crippen LogP contribution in [0.2, 0.25) is 0 Å². The Morgan fingerprint density at radius 2 is 1.70 bits per heavy atom. The van der Waals surface area contributed by atoms with Crippen molar-refractivity contribution in [2.24, 2.45) is 0 Å². The van der Waals surface area contributed by atoms with Crippen LogP contribution in [0.1, 0.15) is 22.7 Å². The molecule has 3 aromatic rings. The Morgan fingerprint density at radius 3 is 2.45 bits per heavy atom.